The number of carbonyl (C=O) groups is 1. The molecule has 1 aliphatic rings. The number of benzene rings is 2. The van der Waals surface area contributed by atoms with Crippen LogP contribution in [0.1, 0.15) is 21.5 Å². The van der Waals surface area contributed by atoms with Crippen molar-refractivity contribution in [2.24, 2.45) is 0 Å². The molecule has 1 aliphatic heterocycles. The van der Waals surface area contributed by atoms with Crippen LogP contribution in [0.2, 0.25) is 0 Å². The smallest absolute Gasteiger partial charge is 0.255 e. The molecule has 5 nitrogen and oxygen atoms in total. The van der Waals surface area contributed by atoms with E-state index in [0.29, 0.717) is 0 Å². The second-order valence-corrected chi connectivity index (χ2v) is 5.06. The normalized spacial score (nSPS) is 13.5. The van der Waals surface area contributed by atoms with Crippen molar-refractivity contribution in [3.8, 4) is 11.5 Å². The molecule has 1 amide bonds. The molecule has 0 saturated carbocycles. The van der Waals surface area contributed by atoms with Crippen molar-refractivity contribution in [1.29, 1.82) is 0 Å². The number of hydrogen-bond donors (Lipinski definition) is 4. The van der Waals surface area contributed by atoms with Crippen LogP contribution in [0.4, 0.5) is 5.69 Å². The number of nitrogens with one attached hydrogen (secondary N) is 2. The van der Waals surface area contributed by atoms with Crippen LogP contribution < -0.4 is 10.6 Å². The number of carbonyl (C=O) groups excluding carboxylic acids is 1. The zero-order valence-electron chi connectivity index (χ0n) is 11.4. The highest BCUT2D eigenvalue weighted by molar-refractivity contribution is 6.05. The lowest BCUT2D eigenvalue weighted by atomic mass is 9.99. The number of phenolic OH excluding ortho intramolecular Hbond substituents is 2. The van der Waals surface area contributed by atoms with Crippen LogP contribution in [0.5, 0.6) is 11.5 Å². The van der Waals surface area contributed by atoms with Gasteiger partial charge in [-0.05, 0) is 42.3 Å². The summed E-state index contributed by atoms with van der Waals surface area (Å²) in [6.45, 7) is 1.65. The molecule has 108 valence electrons. The van der Waals surface area contributed by atoms with E-state index in [1.54, 1.807) is 0 Å². The van der Waals surface area contributed by atoms with Crippen LogP contribution >= 0.6 is 0 Å². The lowest BCUT2D eigenvalue weighted by Gasteiger charge is -2.20. The molecule has 5 heteroatoms. The van der Waals surface area contributed by atoms with Gasteiger partial charge in [0.25, 0.3) is 5.91 Å². The summed E-state index contributed by atoms with van der Waals surface area (Å²) in [5, 5.41) is 25.0. The van der Waals surface area contributed by atoms with Crippen molar-refractivity contribution in [2.45, 2.75) is 13.0 Å². The molecule has 21 heavy (non-hydrogen) atoms. The molecule has 4 N–H and O–H groups in total. The highest BCUT2D eigenvalue weighted by Gasteiger charge is 2.15. The van der Waals surface area contributed by atoms with E-state index in [-0.39, 0.29) is 23.0 Å². The molecule has 2 aromatic carbocycles. The van der Waals surface area contributed by atoms with Crippen LogP contribution in [0.3, 0.4) is 0 Å². The Balaban J connectivity index is 1.88. The van der Waals surface area contributed by atoms with Crippen molar-refractivity contribution in [3.63, 3.8) is 0 Å². The van der Waals surface area contributed by atoms with Gasteiger partial charge in [-0.3, -0.25) is 4.79 Å². The molecular formula is C16H16N2O3. The van der Waals surface area contributed by atoms with E-state index in [2.05, 4.69) is 16.7 Å². The molecule has 0 saturated heterocycles. The third kappa shape index (κ3) is 2.83. The van der Waals surface area contributed by atoms with Crippen LogP contribution in [-0.4, -0.2) is 22.7 Å². The number of phenols is 2. The topological polar surface area (TPSA) is 81.6 Å². The van der Waals surface area contributed by atoms with Crippen LogP contribution in [0, 0.1) is 0 Å². The van der Waals surface area contributed by atoms with E-state index >= 15 is 0 Å². The first-order valence-electron chi connectivity index (χ1n) is 6.79. The summed E-state index contributed by atoms with van der Waals surface area (Å²) in [4.78, 5) is 12.3. The predicted octanol–water partition coefficient (Wildman–Crippen LogP) is 2.00. The number of hydrogen-bond acceptors (Lipinski definition) is 4. The maximum atomic E-state index is 12.3. The highest BCUT2D eigenvalue weighted by Crippen LogP contribution is 2.25. The van der Waals surface area contributed by atoms with Crippen LogP contribution in [0.25, 0.3) is 0 Å². The molecule has 2 aromatic rings. The largest absolute Gasteiger partial charge is 0.508 e. The van der Waals surface area contributed by atoms with Crippen LogP contribution in [-0.2, 0) is 13.0 Å². The predicted molar refractivity (Wildman–Crippen MR) is 79.6 cm³/mol. The lowest BCUT2D eigenvalue weighted by molar-refractivity contribution is 0.102. The summed E-state index contributed by atoms with van der Waals surface area (Å²) >= 11 is 0. The molecule has 0 bridgehead atoms. The maximum absolute atomic E-state index is 12.3. The Bertz CT molecular complexity index is 678. The maximum Gasteiger partial charge on any atom is 0.255 e. The van der Waals surface area contributed by atoms with Gasteiger partial charge in [-0.1, -0.05) is 12.1 Å². The van der Waals surface area contributed by atoms with Crippen molar-refractivity contribution < 1.29 is 15.0 Å². The summed E-state index contributed by atoms with van der Waals surface area (Å²) < 4.78 is 0. The Morgan fingerprint density at radius 2 is 1.90 bits per heavy atom. The second-order valence-electron chi connectivity index (χ2n) is 5.06. The monoisotopic (exact) mass is 284 g/mol. The SMILES string of the molecule is O=C(Nc1cccc2c1CNCC2)c1cc(O)cc(O)c1. The fraction of sp³-hybridized carbons (Fsp3) is 0.188. The molecule has 0 spiro atoms. The van der Waals surface area contributed by atoms with E-state index in [0.717, 1.165) is 30.8 Å². The highest BCUT2D eigenvalue weighted by atomic mass is 16.3. The van der Waals surface area contributed by atoms with Gasteiger partial charge in [0, 0.05) is 23.9 Å². The van der Waals surface area contributed by atoms with Crippen molar-refractivity contribution in [3.05, 3.63) is 53.1 Å². The Kier molecular flexibility index (Phi) is 3.50. The molecule has 1 heterocycles. The second kappa shape index (κ2) is 5.46. The molecule has 0 unspecified atom stereocenters. The summed E-state index contributed by atoms with van der Waals surface area (Å²) in [5.41, 5.74) is 3.29. The van der Waals surface area contributed by atoms with Gasteiger partial charge in [-0.25, -0.2) is 0 Å². The first-order chi connectivity index (χ1) is 10.1. The van der Waals surface area contributed by atoms with Gasteiger partial charge in [0.05, 0.1) is 0 Å². The Labute approximate surface area is 122 Å². The zero-order chi connectivity index (χ0) is 14.8. The van der Waals surface area contributed by atoms with E-state index in [4.69, 9.17) is 0 Å². The molecule has 0 aromatic heterocycles. The van der Waals surface area contributed by atoms with Crippen molar-refractivity contribution in [1.82, 2.24) is 5.32 Å². The Morgan fingerprint density at radius 1 is 1.14 bits per heavy atom. The van der Waals surface area contributed by atoms with Crippen molar-refractivity contribution >= 4 is 11.6 Å². The molecule has 0 radical (unpaired) electrons. The minimum Gasteiger partial charge on any atom is -0.508 e. The summed E-state index contributed by atoms with van der Waals surface area (Å²) in [6.07, 6.45) is 0.936. The average molecular weight is 284 g/mol. The van der Waals surface area contributed by atoms with Gasteiger partial charge in [-0.2, -0.15) is 0 Å². The number of amides is 1. The first-order valence-corrected chi connectivity index (χ1v) is 6.79. The van der Waals surface area contributed by atoms with Gasteiger partial charge in [-0.15, -0.1) is 0 Å². The number of rotatable bonds is 2. The molecule has 0 atom stereocenters. The summed E-state index contributed by atoms with van der Waals surface area (Å²) in [5.74, 6) is -0.644. The third-order valence-corrected chi connectivity index (χ3v) is 3.56. The zero-order valence-corrected chi connectivity index (χ0v) is 11.4. The first kappa shape index (κ1) is 13.5. The third-order valence-electron chi connectivity index (χ3n) is 3.56. The van der Waals surface area contributed by atoms with Gasteiger partial charge in [0.15, 0.2) is 0 Å². The van der Waals surface area contributed by atoms with E-state index in [9.17, 15) is 15.0 Å². The average Bonchev–Trinajstić information content (AvgIpc) is 2.46. The lowest BCUT2D eigenvalue weighted by Crippen LogP contribution is -2.25. The number of fused-ring (bicyclic) bond motifs is 1. The number of anilines is 1. The van der Waals surface area contributed by atoms with Gasteiger partial charge >= 0.3 is 0 Å². The molecule has 0 aliphatic carbocycles. The minimum absolute atomic E-state index is 0.142. The van der Waals surface area contributed by atoms with E-state index in [1.165, 1.54) is 23.8 Å². The Morgan fingerprint density at radius 3 is 2.67 bits per heavy atom. The quantitative estimate of drug-likeness (QED) is 0.680. The van der Waals surface area contributed by atoms with Gasteiger partial charge < -0.3 is 20.8 Å². The summed E-state index contributed by atoms with van der Waals surface area (Å²) in [6, 6.07) is 9.66. The van der Waals surface area contributed by atoms with Gasteiger partial charge in [0.1, 0.15) is 11.5 Å². The molecule has 3 rings (SSSR count). The van der Waals surface area contributed by atoms with Crippen molar-refractivity contribution in [2.75, 3.05) is 11.9 Å². The fourth-order valence-corrected chi connectivity index (χ4v) is 2.55. The summed E-state index contributed by atoms with van der Waals surface area (Å²) in [7, 11) is 0. The van der Waals surface area contributed by atoms with Gasteiger partial charge in [0.2, 0.25) is 0 Å². The van der Waals surface area contributed by atoms with Crippen LogP contribution in [0.15, 0.2) is 36.4 Å². The Hall–Kier alpha value is -2.53. The molecule has 0 fully saturated rings. The van der Waals surface area contributed by atoms with E-state index < -0.39 is 0 Å². The van der Waals surface area contributed by atoms with E-state index in [1.807, 2.05) is 12.1 Å². The fourth-order valence-electron chi connectivity index (χ4n) is 2.55. The molecular weight excluding hydrogens is 268 g/mol. The number of aromatic hydroxyl groups is 2. The minimum atomic E-state index is -0.361. The standard InChI is InChI=1S/C16H16N2O3/c19-12-6-11(7-13(20)8-12)16(21)18-15-3-1-2-10-4-5-17-9-14(10)15/h1-3,6-8,17,19-20H,4-5,9H2,(H,18,21).